The summed E-state index contributed by atoms with van der Waals surface area (Å²) in [5.74, 6) is 0. The molecule has 0 aliphatic heterocycles. The van der Waals surface area contributed by atoms with Gasteiger partial charge in [-0.05, 0) is 5.56 Å². The first-order valence-corrected chi connectivity index (χ1v) is 4.36. The number of nitro groups is 1. The number of nitrogens with zero attached hydrogens (tertiary/aromatic N) is 1. The second kappa shape index (κ2) is 5.83. The van der Waals surface area contributed by atoms with Crippen molar-refractivity contribution in [3.63, 3.8) is 0 Å². The zero-order chi connectivity index (χ0) is 12.3. The molecule has 8 heteroatoms. The molecular weight excluding hydrogens is 261 g/mol. The molecule has 96 valence electrons. The SMILES string of the molecule is Cl.N[C@H](CC(F)(F)F)c1cccc([N+](=O)[O-])c1. The van der Waals surface area contributed by atoms with Gasteiger partial charge in [0.2, 0.25) is 0 Å². The molecule has 4 nitrogen and oxygen atoms in total. The summed E-state index contributed by atoms with van der Waals surface area (Å²) in [6, 6.07) is 3.62. The first-order valence-electron chi connectivity index (χ1n) is 4.36. The van der Waals surface area contributed by atoms with Gasteiger partial charge in [-0.25, -0.2) is 0 Å². The highest BCUT2D eigenvalue weighted by Gasteiger charge is 2.31. The van der Waals surface area contributed by atoms with E-state index in [1.54, 1.807) is 0 Å². The lowest BCUT2D eigenvalue weighted by molar-refractivity contribution is -0.384. The molecular formula is C9H10ClF3N2O2. The molecule has 0 aliphatic rings. The van der Waals surface area contributed by atoms with Gasteiger partial charge in [-0.3, -0.25) is 10.1 Å². The van der Waals surface area contributed by atoms with Crippen LogP contribution in [0.4, 0.5) is 18.9 Å². The molecule has 2 N–H and O–H groups in total. The Morgan fingerprint density at radius 2 is 2.00 bits per heavy atom. The number of non-ortho nitro benzene ring substituents is 1. The monoisotopic (exact) mass is 270 g/mol. The molecule has 0 radical (unpaired) electrons. The van der Waals surface area contributed by atoms with Crippen LogP contribution in [0.2, 0.25) is 0 Å². The van der Waals surface area contributed by atoms with Crippen LogP contribution in [0.15, 0.2) is 24.3 Å². The quantitative estimate of drug-likeness (QED) is 0.678. The molecule has 0 bridgehead atoms. The number of halogens is 4. The highest BCUT2D eigenvalue weighted by atomic mass is 35.5. The van der Waals surface area contributed by atoms with E-state index in [4.69, 9.17) is 5.73 Å². The fraction of sp³-hybridized carbons (Fsp3) is 0.333. The maximum Gasteiger partial charge on any atom is 0.390 e. The van der Waals surface area contributed by atoms with E-state index in [1.165, 1.54) is 18.2 Å². The number of hydrogen-bond donors (Lipinski definition) is 1. The van der Waals surface area contributed by atoms with Crippen molar-refractivity contribution in [2.24, 2.45) is 5.73 Å². The van der Waals surface area contributed by atoms with Gasteiger partial charge in [0.1, 0.15) is 0 Å². The summed E-state index contributed by atoms with van der Waals surface area (Å²) in [5, 5.41) is 10.4. The highest BCUT2D eigenvalue weighted by molar-refractivity contribution is 5.85. The number of benzene rings is 1. The standard InChI is InChI=1S/C9H9F3N2O2.ClH/c10-9(11,12)5-8(13)6-2-1-3-7(4-6)14(15)16;/h1-4,8H,5,13H2;1H/t8-;/m1./s1. The lowest BCUT2D eigenvalue weighted by atomic mass is 10.0. The summed E-state index contributed by atoms with van der Waals surface area (Å²) in [4.78, 5) is 9.73. The van der Waals surface area contributed by atoms with Gasteiger partial charge in [0.15, 0.2) is 0 Å². The average molecular weight is 271 g/mol. The Hall–Kier alpha value is -1.34. The van der Waals surface area contributed by atoms with E-state index in [0.717, 1.165) is 6.07 Å². The number of nitro benzene ring substituents is 1. The molecule has 0 fully saturated rings. The Balaban J connectivity index is 0.00000256. The fourth-order valence-electron chi connectivity index (χ4n) is 1.24. The van der Waals surface area contributed by atoms with Crippen LogP contribution in [0.5, 0.6) is 0 Å². The number of alkyl halides is 3. The van der Waals surface area contributed by atoms with Gasteiger partial charge < -0.3 is 5.73 Å². The maximum absolute atomic E-state index is 12.0. The topological polar surface area (TPSA) is 69.2 Å². The first-order chi connectivity index (χ1) is 7.29. The van der Waals surface area contributed by atoms with E-state index in [0.29, 0.717) is 0 Å². The zero-order valence-electron chi connectivity index (χ0n) is 8.48. The molecule has 0 aliphatic carbocycles. The Morgan fingerprint density at radius 3 is 2.47 bits per heavy atom. The van der Waals surface area contributed by atoms with Crippen LogP contribution in [0.25, 0.3) is 0 Å². The van der Waals surface area contributed by atoms with Crippen molar-refractivity contribution < 1.29 is 18.1 Å². The Morgan fingerprint density at radius 1 is 1.41 bits per heavy atom. The predicted molar refractivity (Wildman–Crippen MR) is 57.9 cm³/mol. The van der Waals surface area contributed by atoms with Crippen LogP contribution in [0.1, 0.15) is 18.0 Å². The van der Waals surface area contributed by atoms with Gasteiger partial charge in [0.05, 0.1) is 11.3 Å². The van der Waals surface area contributed by atoms with Crippen LogP contribution in [0.3, 0.4) is 0 Å². The van der Waals surface area contributed by atoms with E-state index in [2.05, 4.69) is 0 Å². The third-order valence-electron chi connectivity index (χ3n) is 1.96. The van der Waals surface area contributed by atoms with Gasteiger partial charge in [0.25, 0.3) is 5.69 Å². The fourth-order valence-corrected chi connectivity index (χ4v) is 1.24. The summed E-state index contributed by atoms with van der Waals surface area (Å²) < 4.78 is 36.1. The molecule has 0 heterocycles. The molecule has 0 saturated heterocycles. The zero-order valence-corrected chi connectivity index (χ0v) is 9.29. The van der Waals surface area contributed by atoms with Gasteiger partial charge in [-0.15, -0.1) is 12.4 Å². The van der Waals surface area contributed by atoms with Crippen molar-refractivity contribution in [2.75, 3.05) is 0 Å². The third kappa shape index (κ3) is 5.01. The molecule has 1 aromatic carbocycles. The van der Waals surface area contributed by atoms with E-state index in [1.807, 2.05) is 0 Å². The molecule has 17 heavy (non-hydrogen) atoms. The lowest BCUT2D eigenvalue weighted by Gasteiger charge is -2.13. The van der Waals surface area contributed by atoms with Crippen LogP contribution in [-0.2, 0) is 0 Å². The number of nitrogens with two attached hydrogens (primary N) is 1. The Bertz CT molecular complexity index is 398. The second-order valence-electron chi connectivity index (χ2n) is 3.28. The second-order valence-corrected chi connectivity index (χ2v) is 3.28. The van der Waals surface area contributed by atoms with E-state index < -0.39 is 23.6 Å². The minimum Gasteiger partial charge on any atom is -0.324 e. The number of hydrogen-bond acceptors (Lipinski definition) is 3. The van der Waals surface area contributed by atoms with E-state index in [9.17, 15) is 23.3 Å². The Labute approximate surface area is 101 Å². The summed E-state index contributed by atoms with van der Waals surface area (Å²) in [5.41, 5.74) is 5.14. The first kappa shape index (κ1) is 15.7. The largest absolute Gasteiger partial charge is 0.390 e. The summed E-state index contributed by atoms with van der Waals surface area (Å²) in [6.07, 6.45) is -5.59. The van der Waals surface area contributed by atoms with Gasteiger partial charge in [-0.1, -0.05) is 12.1 Å². The Kier molecular flexibility index (Phi) is 5.37. The molecule has 0 spiro atoms. The predicted octanol–water partition coefficient (Wildman–Crippen LogP) is 2.97. The molecule has 1 aromatic rings. The van der Waals surface area contributed by atoms with Crippen molar-refractivity contribution in [2.45, 2.75) is 18.6 Å². The molecule has 0 saturated carbocycles. The van der Waals surface area contributed by atoms with E-state index >= 15 is 0 Å². The smallest absolute Gasteiger partial charge is 0.324 e. The van der Waals surface area contributed by atoms with Crippen molar-refractivity contribution in [3.8, 4) is 0 Å². The normalized spacial score (nSPS) is 12.7. The van der Waals surface area contributed by atoms with Crippen molar-refractivity contribution in [3.05, 3.63) is 39.9 Å². The summed E-state index contributed by atoms with van der Waals surface area (Å²) in [6.45, 7) is 0. The minimum atomic E-state index is -4.38. The molecule has 1 atom stereocenters. The number of rotatable bonds is 3. The highest BCUT2D eigenvalue weighted by Crippen LogP contribution is 2.29. The molecule has 0 unspecified atom stereocenters. The van der Waals surface area contributed by atoms with Crippen LogP contribution >= 0.6 is 12.4 Å². The van der Waals surface area contributed by atoms with Crippen LogP contribution in [0, 0.1) is 10.1 Å². The average Bonchev–Trinajstić information content (AvgIpc) is 2.15. The van der Waals surface area contributed by atoms with Crippen LogP contribution < -0.4 is 5.73 Å². The van der Waals surface area contributed by atoms with Gasteiger partial charge in [0, 0.05) is 18.2 Å². The molecule has 0 aromatic heterocycles. The van der Waals surface area contributed by atoms with Crippen molar-refractivity contribution >= 4 is 18.1 Å². The van der Waals surface area contributed by atoms with Crippen LogP contribution in [-0.4, -0.2) is 11.1 Å². The van der Waals surface area contributed by atoms with Crippen molar-refractivity contribution in [1.82, 2.24) is 0 Å². The van der Waals surface area contributed by atoms with Gasteiger partial charge >= 0.3 is 6.18 Å². The van der Waals surface area contributed by atoms with Crippen molar-refractivity contribution in [1.29, 1.82) is 0 Å². The van der Waals surface area contributed by atoms with Gasteiger partial charge in [-0.2, -0.15) is 13.2 Å². The third-order valence-corrected chi connectivity index (χ3v) is 1.96. The maximum atomic E-state index is 12.0. The molecule has 0 amide bonds. The molecule has 1 rings (SSSR count). The van der Waals surface area contributed by atoms with E-state index in [-0.39, 0.29) is 23.7 Å². The summed E-state index contributed by atoms with van der Waals surface area (Å²) in [7, 11) is 0. The summed E-state index contributed by atoms with van der Waals surface area (Å²) >= 11 is 0. The minimum absolute atomic E-state index is 0. The lowest BCUT2D eigenvalue weighted by Crippen LogP contribution is -2.20.